The van der Waals surface area contributed by atoms with E-state index in [2.05, 4.69) is 44.5 Å². The van der Waals surface area contributed by atoms with Crippen molar-refractivity contribution < 1.29 is 4.74 Å². The summed E-state index contributed by atoms with van der Waals surface area (Å²) in [5, 5.41) is 3.47. The van der Waals surface area contributed by atoms with Crippen molar-refractivity contribution in [2.45, 2.75) is 19.4 Å². The Kier molecular flexibility index (Phi) is 4.19. The summed E-state index contributed by atoms with van der Waals surface area (Å²) in [6, 6.07) is 12.8. The Morgan fingerprint density at radius 2 is 2.14 bits per heavy atom. The third-order valence-corrected chi connectivity index (χ3v) is 3.60. The average Bonchev–Trinajstić information content (AvgIpc) is 2.97. The van der Waals surface area contributed by atoms with Crippen LogP contribution in [0.1, 0.15) is 13.3 Å². The summed E-state index contributed by atoms with van der Waals surface area (Å²) < 4.78 is 5.40. The van der Waals surface area contributed by atoms with Gasteiger partial charge in [-0.2, -0.15) is 0 Å². The number of hydrogen-bond acceptors (Lipinski definition) is 5. The minimum Gasteiger partial charge on any atom is -0.478 e. The van der Waals surface area contributed by atoms with Crippen LogP contribution in [0.15, 0.2) is 42.7 Å². The van der Waals surface area contributed by atoms with E-state index in [4.69, 9.17) is 4.74 Å². The summed E-state index contributed by atoms with van der Waals surface area (Å²) in [6.07, 6.45) is 2.64. The van der Waals surface area contributed by atoms with Crippen molar-refractivity contribution in [3.8, 4) is 5.88 Å². The van der Waals surface area contributed by atoms with Gasteiger partial charge in [-0.3, -0.25) is 0 Å². The molecule has 1 aliphatic heterocycles. The summed E-state index contributed by atoms with van der Waals surface area (Å²) in [4.78, 5) is 10.7. The molecular formula is C16H20N4O. The number of nitrogens with one attached hydrogen (secondary N) is 1. The lowest BCUT2D eigenvalue weighted by Gasteiger charge is -2.19. The fourth-order valence-electron chi connectivity index (χ4n) is 2.61. The van der Waals surface area contributed by atoms with Gasteiger partial charge < -0.3 is 15.0 Å². The van der Waals surface area contributed by atoms with E-state index < -0.39 is 0 Å². The molecule has 5 heteroatoms. The molecule has 1 aliphatic rings. The van der Waals surface area contributed by atoms with Gasteiger partial charge in [-0.05, 0) is 25.5 Å². The summed E-state index contributed by atoms with van der Waals surface area (Å²) >= 11 is 0. The summed E-state index contributed by atoms with van der Waals surface area (Å²) in [5.74, 6) is 1.45. The second-order valence-corrected chi connectivity index (χ2v) is 5.09. The van der Waals surface area contributed by atoms with Crippen LogP contribution in [0.3, 0.4) is 0 Å². The average molecular weight is 284 g/mol. The van der Waals surface area contributed by atoms with Gasteiger partial charge in [-0.1, -0.05) is 18.2 Å². The van der Waals surface area contributed by atoms with Gasteiger partial charge in [0.1, 0.15) is 12.1 Å². The van der Waals surface area contributed by atoms with Gasteiger partial charge in [0.15, 0.2) is 0 Å². The topological polar surface area (TPSA) is 50.3 Å². The maximum absolute atomic E-state index is 5.40. The number of rotatable bonds is 5. The molecule has 1 unspecified atom stereocenters. The summed E-state index contributed by atoms with van der Waals surface area (Å²) in [5.41, 5.74) is 1.28. The number of para-hydroxylation sites is 1. The fraction of sp³-hybridized carbons (Fsp3) is 0.375. The maximum atomic E-state index is 5.40. The fourth-order valence-corrected chi connectivity index (χ4v) is 2.61. The number of ether oxygens (including phenoxy) is 1. The molecule has 1 N–H and O–H groups in total. The molecular weight excluding hydrogens is 264 g/mol. The molecule has 1 aromatic heterocycles. The van der Waals surface area contributed by atoms with Crippen molar-refractivity contribution in [2.75, 3.05) is 29.9 Å². The highest BCUT2D eigenvalue weighted by Crippen LogP contribution is 2.22. The zero-order chi connectivity index (χ0) is 14.5. The summed E-state index contributed by atoms with van der Waals surface area (Å²) in [6.45, 7) is 4.61. The predicted octanol–water partition coefficient (Wildman–Crippen LogP) is 2.57. The van der Waals surface area contributed by atoms with Gasteiger partial charge in [0.2, 0.25) is 5.88 Å². The highest BCUT2D eigenvalue weighted by Gasteiger charge is 2.22. The van der Waals surface area contributed by atoms with Gasteiger partial charge in [-0.15, -0.1) is 0 Å². The predicted molar refractivity (Wildman–Crippen MR) is 83.9 cm³/mol. The largest absolute Gasteiger partial charge is 0.478 e. The van der Waals surface area contributed by atoms with Crippen molar-refractivity contribution >= 4 is 11.5 Å². The Bertz CT molecular complexity index is 575. The van der Waals surface area contributed by atoms with Crippen molar-refractivity contribution in [1.29, 1.82) is 0 Å². The third-order valence-electron chi connectivity index (χ3n) is 3.60. The molecule has 0 amide bonds. The van der Waals surface area contributed by atoms with Crippen molar-refractivity contribution in [1.82, 2.24) is 9.97 Å². The maximum Gasteiger partial charge on any atom is 0.218 e. The van der Waals surface area contributed by atoms with Crippen LogP contribution >= 0.6 is 0 Å². The Hall–Kier alpha value is -2.30. The highest BCUT2D eigenvalue weighted by molar-refractivity contribution is 5.48. The molecule has 0 radical (unpaired) electrons. The zero-order valence-corrected chi connectivity index (χ0v) is 12.2. The van der Waals surface area contributed by atoms with Crippen molar-refractivity contribution in [3.63, 3.8) is 0 Å². The minimum absolute atomic E-state index is 0.398. The van der Waals surface area contributed by atoms with E-state index in [0.29, 0.717) is 18.5 Å². The van der Waals surface area contributed by atoms with Crippen LogP contribution in [-0.4, -0.2) is 35.7 Å². The van der Waals surface area contributed by atoms with Gasteiger partial charge in [0, 0.05) is 30.9 Å². The lowest BCUT2D eigenvalue weighted by atomic mass is 10.2. The molecule has 110 valence electrons. The number of hydrogen-bond donors (Lipinski definition) is 1. The number of anilines is 2. The van der Waals surface area contributed by atoms with E-state index in [-0.39, 0.29) is 0 Å². The first-order chi connectivity index (χ1) is 10.3. The van der Waals surface area contributed by atoms with E-state index >= 15 is 0 Å². The molecule has 1 saturated heterocycles. The molecule has 21 heavy (non-hydrogen) atoms. The first-order valence-corrected chi connectivity index (χ1v) is 7.36. The van der Waals surface area contributed by atoms with Crippen LogP contribution in [0.25, 0.3) is 0 Å². The standard InChI is InChI=1S/C16H20N4O/c1-2-21-16-10-15(17-12-18-16)19-13-8-9-20(11-13)14-6-4-3-5-7-14/h3-7,10,12-13H,2,8-9,11H2,1H3,(H,17,18,19). The quantitative estimate of drug-likeness (QED) is 0.914. The van der Waals surface area contributed by atoms with Crippen LogP contribution in [0.5, 0.6) is 5.88 Å². The molecule has 2 aromatic rings. The van der Waals surface area contributed by atoms with Gasteiger partial charge in [0.05, 0.1) is 6.61 Å². The van der Waals surface area contributed by atoms with E-state index in [1.165, 1.54) is 12.0 Å². The SMILES string of the molecule is CCOc1cc(NC2CCN(c3ccccc3)C2)ncn1. The Balaban J connectivity index is 1.61. The molecule has 0 saturated carbocycles. The minimum atomic E-state index is 0.398. The zero-order valence-electron chi connectivity index (χ0n) is 12.2. The van der Waals surface area contributed by atoms with Crippen LogP contribution in [0.2, 0.25) is 0 Å². The second-order valence-electron chi connectivity index (χ2n) is 5.09. The first-order valence-electron chi connectivity index (χ1n) is 7.36. The second kappa shape index (κ2) is 6.43. The normalized spacial score (nSPS) is 17.8. The molecule has 0 bridgehead atoms. The van der Waals surface area contributed by atoms with Crippen molar-refractivity contribution in [2.24, 2.45) is 0 Å². The van der Waals surface area contributed by atoms with Crippen LogP contribution < -0.4 is 15.0 Å². The van der Waals surface area contributed by atoms with Crippen LogP contribution in [0, 0.1) is 0 Å². The van der Waals surface area contributed by atoms with E-state index in [9.17, 15) is 0 Å². The van der Waals surface area contributed by atoms with E-state index in [0.717, 1.165) is 25.3 Å². The van der Waals surface area contributed by atoms with Crippen LogP contribution in [-0.2, 0) is 0 Å². The van der Waals surface area contributed by atoms with E-state index in [1.807, 2.05) is 19.1 Å². The van der Waals surface area contributed by atoms with Crippen LogP contribution in [0.4, 0.5) is 11.5 Å². The molecule has 0 aliphatic carbocycles. The highest BCUT2D eigenvalue weighted by atomic mass is 16.5. The van der Waals surface area contributed by atoms with Gasteiger partial charge in [0.25, 0.3) is 0 Å². The first kappa shape index (κ1) is 13.7. The number of benzene rings is 1. The Morgan fingerprint density at radius 3 is 2.95 bits per heavy atom. The monoisotopic (exact) mass is 284 g/mol. The lowest BCUT2D eigenvalue weighted by Crippen LogP contribution is -2.26. The lowest BCUT2D eigenvalue weighted by molar-refractivity contribution is 0.326. The smallest absolute Gasteiger partial charge is 0.218 e. The molecule has 1 atom stereocenters. The number of aromatic nitrogens is 2. The molecule has 2 heterocycles. The number of nitrogens with zero attached hydrogens (tertiary/aromatic N) is 3. The van der Waals surface area contributed by atoms with Gasteiger partial charge >= 0.3 is 0 Å². The Morgan fingerprint density at radius 1 is 1.29 bits per heavy atom. The molecule has 0 spiro atoms. The molecule has 3 rings (SSSR count). The molecule has 1 fully saturated rings. The molecule has 1 aromatic carbocycles. The van der Waals surface area contributed by atoms with Gasteiger partial charge in [-0.25, -0.2) is 9.97 Å². The van der Waals surface area contributed by atoms with Crippen molar-refractivity contribution in [3.05, 3.63) is 42.7 Å². The van der Waals surface area contributed by atoms with E-state index in [1.54, 1.807) is 0 Å². The molecule has 5 nitrogen and oxygen atoms in total. The Labute approximate surface area is 125 Å². The third kappa shape index (κ3) is 3.42. The summed E-state index contributed by atoms with van der Waals surface area (Å²) in [7, 11) is 0.